The summed E-state index contributed by atoms with van der Waals surface area (Å²) in [6.45, 7) is 2.25. The molecule has 0 atom stereocenters. The SMILES string of the molecule is CCCC1CCC(c2ccc(-c3cc(O)c4c(c3O)C(=O)c3ccccc3C4=O)cc2)CC1. The third-order valence-corrected chi connectivity index (χ3v) is 7.39. The largest absolute Gasteiger partial charge is 0.507 e. The van der Waals surface area contributed by atoms with Crippen molar-refractivity contribution < 1.29 is 19.8 Å². The average molecular weight is 441 g/mol. The van der Waals surface area contributed by atoms with E-state index in [4.69, 9.17) is 0 Å². The third-order valence-electron chi connectivity index (χ3n) is 7.39. The Morgan fingerprint density at radius 3 is 2.00 bits per heavy atom. The van der Waals surface area contributed by atoms with Crippen molar-refractivity contribution in [1.29, 1.82) is 0 Å². The second-order valence-electron chi connectivity index (χ2n) is 9.37. The van der Waals surface area contributed by atoms with Gasteiger partial charge in [0.05, 0.1) is 11.1 Å². The first-order chi connectivity index (χ1) is 16.0. The molecule has 1 fully saturated rings. The predicted molar refractivity (Wildman–Crippen MR) is 128 cm³/mol. The summed E-state index contributed by atoms with van der Waals surface area (Å²) >= 11 is 0. The number of carbonyl (C=O) groups excluding carboxylic acids is 2. The van der Waals surface area contributed by atoms with E-state index in [1.165, 1.54) is 50.2 Å². The van der Waals surface area contributed by atoms with E-state index in [2.05, 4.69) is 19.1 Å². The number of rotatable bonds is 4. The van der Waals surface area contributed by atoms with E-state index in [1.807, 2.05) is 12.1 Å². The molecule has 2 aliphatic carbocycles. The van der Waals surface area contributed by atoms with Gasteiger partial charge in [0.15, 0.2) is 11.6 Å². The fourth-order valence-corrected chi connectivity index (χ4v) is 5.61. The van der Waals surface area contributed by atoms with Crippen molar-refractivity contribution in [3.05, 3.63) is 82.4 Å². The molecule has 1 saturated carbocycles. The lowest BCUT2D eigenvalue weighted by atomic mass is 9.77. The lowest BCUT2D eigenvalue weighted by molar-refractivity contribution is 0.0974. The number of hydrogen-bond donors (Lipinski definition) is 2. The van der Waals surface area contributed by atoms with Gasteiger partial charge in [-0.25, -0.2) is 0 Å². The van der Waals surface area contributed by atoms with Gasteiger partial charge in [-0.1, -0.05) is 68.3 Å². The average Bonchev–Trinajstić information content (AvgIpc) is 2.84. The molecule has 33 heavy (non-hydrogen) atoms. The van der Waals surface area contributed by atoms with Crippen molar-refractivity contribution in [3.63, 3.8) is 0 Å². The zero-order valence-electron chi connectivity index (χ0n) is 18.8. The van der Waals surface area contributed by atoms with Crippen molar-refractivity contribution >= 4 is 11.6 Å². The van der Waals surface area contributed by atoms with Crippen LogP contribution in [0.5, 0.6) is 11.5 Å². The van der Waals surface area contributed by atoms with Gasteiger partial charge in [0.25, 0.3) is 0 Å². The molecular formula is C29H28O4. The van der Waals surface area contributed by atoms with Crippen LogP contribution in [-0.2, 0) is 0 Å². The summed E-state index contributed by atoms with van der Waals surface area (Å²) in [6.07, 6.45) is 7.52. The summed E-state index contributed by atoms with van der Waals surface area (Å²) in [5.74, 6) is -0.0453. The monoisotopic (exact) mass is 440 g/mol. The Morgan fingerprint density at radius 1 is 0.788 bits per heavy atom. The van der Waals surface area contributed by atoms with E-state index in [0.29, 0.717) is 17.0 Å². The number of aromatic hydroxyl groups is 2. The highest BCUT2D eigenvalue weighted by molar-refractivity contribution is 6.30. The lowest BCUT2D eigenvalue weighted by Crippen LogP contribution is -2.21. The van der Waals surface area contributed by atoms with Gasteiger partial charge in [-0.3, -0.25) is 9.59 Å². The van der Waals surface area contributed by atoms with Gasteiger partial charge in [0.1, 0.15) is 11.5 Å². The van der Waals surface area contributed by atoms with Crippen LogP contribution >= 0.6 is 0 Å². The Hall–Kier alpha value is -3.40. The Morgan fingerprint density at radius 2 is 1.39 bits per heavy atom. The number of ketones is 2. The molecule has 2 aliphatic rings. The lowest BCUT2D eigenvalue weighted by Gasteiger charge is -2.28. The van der Waals surface area contributed by atoms with Gasteiger partial charge in [0, 0.05) is 16.7 Å². The van der Waals surface area contributed by atoms with E-state index < -0.39 is 11.6 Å². The number of benzene rings is 3. The van der Waals surface area contributed by atoms with Crippen LogP contribution in [0.25, 0.3) is 11.1 Å². The second kappa shape index (κ2) is 8.51. The van der Waals surface area contributed by atoms with Gasteiger partial charge >= 0.3 is 0 Å². The minimum atomic E-state index is -0.450. The Kier molecular flexibility index (Phi) is 5.53. The molecule has 4 nitrogen and oxygen atoms in total. The minimum Gasteiger partial charge on any atom is -0.507 e. The molecule has 3 aromatic carbocycles. The minimum absolute atomic E-state index is 0.118. The highest BCUT2D eigenvalue weighted by atomic mass is 16.3. The molecule has 168 valence electrons. The van der Waals surface area contributed by atoms with Gasteiger partial charge in [-0.2, -0.15) is 0 Å². The Bertz CT molecular complexity index is 1230. The van der Waals surface area contributed by atoms with Crippen LogP contribution < -0.4 is 0 Å². The fraction of sp³-hybridized carbons (Fsp3) is 0.310. The summed E-state index contributed by atoms with van der Waals surface area (Å²) in [5, 5.41) is 21.7. The second-order valence-corrected chi connectivity index (χ2v) is 9.37. The third kappa shape index (κ3) is 3.64. The van der Waals surface area contributed by atoms with Crippen molar-refractivity contribution in [3.8, 4) is 22.6 Å². The molecule has 0 unspecified atom stereocenters. The standard InChI is InChI=1S/C29H28O4/c1-2-5-17-8-10-18(11-9-17)19-12-14-20(15-13-19)23-16-24(30)25-26(29(23)33)28(32)22-7-4-3-6-21(22)27(25)31/h3-4,6-7,12-18,30,33H,2,5,8-11H2,1H3. The number of phenolic OH excluding ortho intramolecular Hbond substituents is 2. The number of hydrogen-bond acceptors (Lipinski definition) is 4. The first kappa shape index (κ1) is 21.4. The molecule has 3 aromatic rings. The molecule has 0 aliphatic heterocycles. The highest BCUT2D eigenvalue weighted by Gasteiger charge is 2.35. The summed E-state index contributed by atoms with van der Waals surface area (Å²) in [7, 11) is 0. The van der Waals surface area contributed by atoms with Crippen LogP contribution in [0.3, 0.4) is 0 Å². The summed E-state index contributed by atoms with van der Waals surface area (Å²) in [5.41, 5.74) is 2.59. The maximum atomic E-state index is 13.1. The number of carbonyl (C=O) groups is 2. The van der Waals surface area contributed by atoms with E-state index in [1.54, 1.807) is 24.3 Å². The van der Waals surface area contributed by atoms with E-state index >= 15 is 0 Å². The molecule has 2 N–H and O–H groups in total. The maximum Gasteiger partial charge on any atom is 0.198 e. The topological polar surface area (TPSA) is 74.6 Å². The summed E-state index contributed by atoms with van der Waals surface area (Å²) in [6, 6.07) is 15.9. The quantitative estimate of drug-likeness (QED) is 0.350. The van der Waals surface area contributed by atoms with Gasteiger partial charge in [-0.15, -0.1) is 0 Å². The van der Waals surface area contributed by atoms with Crippen LogP contribution in [0.4, 0.5) is 0 Å². The molecule has 4 heteroatoms. The van der Waals surface area contributed by atoms with Crippen molar-refractivity contribution in [2.24, 2.45) is 5.92 Å². The van der Waals surface area contributed by atoms with E-state index in [9.17, 15) is 19.8 Å². The maximum absolute atomic E-state index is 13.1. The predicted octanol–water partition coefficient (Wildman–Crippen LogP) is 6.61. The van der Waals surface area contributed by atoms with Crippen molar-refractivity contribution in [2.45, 2.75) is 51.4 Å². The first-order valence-electron chi connectivity index (χ1n) is 11.9. The summed E-state index contributed by atoms with van der Waals surface area (Å²) in [4.78, 5) is 26.1. The first-order valence-corrected chi connectivity index (χ1v) is 11.9. The highest BCUT2D eigenvalue weighted by Crippen LogP contribution is 2.44. The molecule has 0 bridgehead atoms. The van der Waals surface area contributed by atoms with Gasteiger partial charge in [-0.05, 0) is 54.7 Å². The van der Waals surface area contributed by atoms with Crippen LogP contribution in [0, 0.1) is 5.92 Å². The summed E-state index contributed by atoms with van der Waals surface area (Å²) < 4.78 is 0. The van der Waals surface area contributed by atoms with Crippen molar-refractivity contribution in [1.82, 2.24) is 0 Å². The van der Waals surface area contributed by atoms with Crippen molar-refractivity contribution in [2.75, 3.05) is 0 Å². The van der Waals surface area contributed by atoms with Gasteiger partial charge < -0.3 is 10.2 Å². The number of fused-ring (bicyclic) bond motifs is 2. The fourth-order valence-electron chi connectivity index (χ4n) is 5.61. The zero-order chi connectivity index (χ0) is 23.1. The molecular weight excluding hydrogens is 412 g/mol. The molecule has 0 spiro atoms. The molecule has 0 amide bonds. The Balaban J connectivity index is 1.47. The Labute approximate surface area is 193 Å². The van der Waals surface area contributed by atoms with Crippen LogP contribution in [0.15, 0.2) is 54.6 Å². The zero-order valence-corrected chi connectivity index (χ0v) is 18.8. The normalized spacial score (nSPS) is 19.8. The molecule has 0 aromatic heterocycles. The van der Waals surface area contributed by atoms with Crippen LogP contribution in [0.1, 0.15) is 88.8 Å². The van der Waals surface area contributed by atoms with E-state index in [0.717, 1.165) is 5.92 Å². The van der Waals surface area contributed by atoms with E-state index in [-0.39, 0.29) is 33.8 Å². The molecule has 0 radical (unpaired) electrons. The van der Waals surface area contributed by atoms with Crippen LogP contribution in [0.2, 0.25) is 0 Å². The number of phenols is 2. The molecule has 0 heterocycles. The van der Waals surface area contributed by atoms with Crippen LogP contribution in [-0.4, -0.2) is 21.8 Å². The molecule has 5 rings (SSSR count). The molecule has 0 saturated heterocycles. The smallest absolute Gasteiger partial charge is 0.198 e. The van der Waals surface area contributed by atoms with Gasteiger partial charge in [0.2, 0.25) is 0 Å².